The van der Waals surface area contributed by atoms with Crippen molar-refractivity contribution in [3.63, 3.8) is 0 Å². The fourth-order valence-corrected chi connectivity index (χ4v) is 3.78. The van der Waals surface area contributed by atoms with Gasteiger partial charge in [0.05, 0.1) is 18.2 Å². The van der Waals surface area contributed by atoms with Crippen molar-refractivity contribution in [2.24, 2.45) is 5.92 Å². The zero-order valence-corrected chi connectivity index (χ0v) is 19.2. The molecular formula is C26H32N2O4. The Bertz CT molecular complexity index is 965. The van der Waals surface area contributed by atoms with Crippen LogP contribution in [0.3, 0.4) is 0 Å². The van der Waals surface area contributed by atoms with Gasteiger partial charge in [-0.25, -0.2) is 0 Å². The van der Waals surface area contributed by atoms with Crippen molar-refractivity contribution < 1.29 is 19.4 Å². The number of carbonyl (C=O) groups is 2. The molecule has 0 aliphatic carbocycles. The largest absolute Gasteiger partial charge is 0.507 e. The second-order valence-electron chi connectivity index (χ2n) is 8.79. The Kier molecular flexibility index (Phi) is 7.70. The number of rotatable bonds is 9. The Morgan fingerprint density at radius 1 is 1.06 bits per heavy atom. The standard InChI is InChI=1S/C26H32N2O4/c1-18(2)17-32-21-13-11-20(12-14-21)24(29)22-23(19-9-6-5-7-10-19)28(26(31)25(22)30)16-8-15-27(3)4/h5-7,9-14,18,23,29H,8,15-17H2,1-4H3/t23-/m1/s1. The average molecular weight is 437 g/mol. The lowest BCUT2D eigenvalue weighted by Gasteiger charge is -2.26. The van der Waals surface area contributed by atoms with Gasteiger partial charge in [0.2, 0.25) is 0 Å². The van der Waals surface area contributed by atoms with Crippen LogP contribution in [-0.4, -0.2) is 60.4 Å². The molecule has 0 aromatic heterocycles. The van der Waals surface area contributed by atoms with Crippen LogP contribution >= 0.6 is 0 Å². The second-order valence-corrected chi connectivity index (χ2v) is 8.79. The Labute approximate surface area is 190 Å². The summed E-state index contributed by atoms with van der Waals surface area (Å²) >= 11 is 0. The molecule has 1 aliphatic heterocycles. The summed E-state index contributed by atoms with van der Waals surface area (Å²) in [5, 5.41) is 11.1. The van der Waals surface area contributed by atoms with Crippen LogP contribution in [0.4, 0.5) is 0 Å². The quantitative estimate of drug-likeness (QED) is 0.364. The van der Waals surface area contributed by atoms with Crippen molar-refractivity contribution in [1.29, 1.82) is 0 Å². The number of hydrogen-bond acceptors (Lipinski definition) is 5. The molecule has 6 nitrogen and oxygen atoms in total. The number of nitrogens with zero attached hydrogens (tertiary/aromatic N) is 2. The number of Topliss-reactive ketones (excluding diaryl/α,β-unsaturated/α-hetero) is 1. The predicted molar refractivity (Wildman–Crippen MR) is 125 cm³/mol. The van der Waals surface area contributed by atoms with Crippen molar-refractivity contribution in [3.05, 3.63) is 71.3 Å². The van der Waals surface area contributed by atoms with E-state index in [1.807, 2.05) is 49.3 Å². The number of aliphatic hydroxyl groups is 1. The maximum absolute atomic E-state index is 13.0. The number of benzene rings is 2. The lowest BCUT2D eigenvalue weighted by atomic mass is 9.95. The van der Waals surface area contributed by atoms with E-state index in [2.05, 4.69) is 13.8 Å². The highest BCUT2D eigenvalue weighted by Gasteiger charge is 2.45. The topological polar surface area (TPSA) is 70.1 Å². The first kappa shape index (κ1) is 23.5. The third-order valence-corrected chi connectivity index (χ3v) is 5.37. The molecule has 1 heterocycles. The molecule has 0 spiro atoms. The highest BCUT2D eigenvalue weighted by atomic mass is 16.5. The van der Waals surface area contributed by atoms with E-state index in [1.165, 1.54) is 0 Å². The van der Waals surface area contributed by atoms with Crippen LogP contribution in [0, 0.1) is 5.92 Å². The smallest absolute Gasteiger partial charge is 0.295 e. The van der Waals surface area contributed by atoms with Gasteiger partial charge in [0, 0.05) is 12.1 Å². The highest BCUT2D eigenvalue weighted by molar-refractivity contribution is 6.46. The fraction of sp³-hybridized carbons (Fsp3) is 0.385. The van der Waals surface area contributed by atoms with E-state index in [4.69, 9.17) is 4.74 Å². The molecule has 2 aromatic rings. The maximum atomic E-state index is 13.0. The zero-order chi connectivity index (χ0) is 23.3. The van der Waals surface area contributed by atoms with Crippen LogP contribution < -0.4 is 4.74 Å². The number of likely N-dealkylation sites (tertiary alicyclic amines) is 1. The van der Waals surface area contributed by atoms with Gasteiger partial charge in [-0.05, 0) is 62.8 Å². The lowest BCUT2D eigenvalue weighted by molar-refractivity contribution is -0.139. The molecule has 170 valence electrons. The van der Waals surface area contributed by atoms with Gasteiger partial charge in [0.1, 0.15) is 11.5 Å². The predicted octanol–water partition coefficient (Wildman–Crippen LogP) is 4.09. The summed E-state index contributed by atoms with van der Waals surface area (Å²) in [6.45, 7) is 5.96. The van der Waals surface area contributed by atoms with Crippen LogP contribution in [0.1, 0.15) is 37.4 Å². The van der Waals surface area contributed by atoms with Crippen molar-refractivity contribution in [3.8, 4) is 5.75 Å². The molecule has 6 heteroatoms. The minimum absolute atomic E-state index is 0.127. The van der Waals surface area contributed by atoms with Gasteiger partial charge in [-0.15, -0.1) is 0 Å². The summed E-state index contributed by atoms with van der Waals surface area (Å²) < 4.78 is 5.71. The Morgan fingerprint density at radius 2 is 1.72 bits per heavy atom. The fourth-order valence-electron chi connectivity index (χ4n) is 3.78. The van der Waals surface area contributed by atoms with Crippen molar-refractivity contribution in [2.45, 2.75) is 26.3 Å². The molecule has 1 amide bonds. The van der Waals surface area contributed by atoms with Gasteiger partial charge in [0.15, 0.2) is 0 Å². The SMILES string of the molecule is CC(C)COc1ccc(C(O)=C2C(=O)C(=O)N(CCCN(C)C)[C@@H]2c2ccccc2)cc1. The Balaban J connectivity index is 1.96. The third-order valence-electron chi connectivity index (χ3n) is 5.37. The van der Waals surface area contributed by atoms with E-state index in [-0.39, 0.29) is 11.3 Å². The minimum Gasteiger partial charge on any atom is -0.507 e. The summed E-state index contributed by atoms with van der Waals surface area (Å²) in [5.74, 6) is -0.295. The van der Waals surface area contributed by atoms with Gasteiger partial charge < -0.3 is 19.6 Å². The normalized spacial score (nSPS) is 18.1. The van der Waals surface area contributed by atoms with Crippen molar-refractivity contribution >= 4 is 17.4 Å². The molecule has 1 N–H and O–H groups in total. The average Bonchev–Trinajstić information content (AvgIpc) is 3.03. The molecule has 3 rings (SSSR count). The van der Waals surface area contributed by atoms with E-state index in [1.54, 1.807) is 29.2 Å². The van der Waals surface area contributed by atoms with Gasteiger partial charge in [-0.2, -0.15) is 0 Å². The van der Waals surface area contributed by atoms with E-state index >= 15 is 0 Å². The molecule has 0 unspecified atom stereocenters. The maximum Gasteiger partial charge on any atom is 0.295 e. The van der Waals surface area contributed by atoms with E-state index in [0.29, 0.717) is 30.4 Å². The van der Waals surface area contributed by atoms with Crippen LogP contribution in [0.15, 0.2) is 60.2 Å². The molecule has 2 aromatic carbocycles. The highest BCUT2D eigenvalue weighted by Crippen LogP contribution is 2.39. The first-order valence-electron chi connectivity index (χ1n) is 11.0. The Hall–Kier alpha value is -3.12. The van der Waals surface area contributed by atoms with Crippen molar-refractivity contribution in [1.82, 2.24) is 9.80 Å². The summed E-state index contributed by atoms with van der Waals surface area (Å²) in [7, 11) is 3.94. The Morgan fingerprint density at radius 3 is 2.31 bits per heavy atom. The number of hydrogen-bond donors (Lipinski definition) is 1. The number of carbonyl (C=O) groups excluding carboxylic acids is 2. The zero-order valence-electron chi connectivity index (χ0n) is 19.2. The molecule has 32 heavy (non-hydrogen) atoms. The van der Waals surface area contributed by atoms with Crippen LogP contribution in [-0.2, 0) is 9.59 Å². The summed E-state index contributed by atoms with van der Waals surface area (Å²) in [6, 6.07) is 15.7. The van der Waals surface area contributed by atoms with Gasteiger partial charge in [0.25, 0.3) is 11.7 Å². The summed E-state index contributed by atoms with van der Waals surface area (Å²) in [6.07, 6.45) is 0.727. The minimum atomic E-state index is -0.652. The lowest BCUT2D eigenvalue weighted by Crippen LogP contribution is -2.32. The molecule has 0 radical (unpaired) electrons. The van der Waals surface area contributed by atoms with Crippen LogP contribution in [0.5, 0.6) is 5.75 Å². The van der Waals surface area contributed by atoms with Gasteiger partial charge >= 0.3 is 0 Å². The molecule has 1 atom stereocenters. The van der Waals surface area contributed by atoms with E-state index in [0.717, 1.165) is 18.5 Å². The van der Waals surface area contributed by atoms with Crippen LogP contribution in [0.25, 0.3) is 5.76 Å². The van der Waals surface area contributed by atoms with Gasteiger partial charge in [-0.3, -0.25) is 9.59 Å². The van der Waals surface area contributed by atoms with Crippen LogP contribution in [0.2, 0.25) is 0 Å². The second kappa shape index (κ2) is 10.5. The summed E-state index contributed by atoms with van der Waals surface area (Å²) in [4.78, 5) is 29.5. The first-order chi connectivity index (χ1) is 15.3. The first-order valence-corrected chi connectivity index (χ1v) is 11.0. The van der Waals surface area contributed by atoms with E-state index < -0.39 is 17.7 Å². The van der Waals surface area contributed by atoms with Crippen molar-refractivity contribution in [2.75, 3.05) is 33.8 Å². The van der Waals surface area contributed by atoms with E-state index in [9.17, 15) is 14.7 Å². The molecular weight excluding hydrogens is 404 g/mol. The third kappa shape index (κ3) is 5.37. The monoisotopic (exact) mass is 436 g/mol. The molecule has 0 saturated carbocycles. The number of amides is 1. The number of ketones is 1. The molecule has 0 bridgehead atoms. The number of ether oxygens (including phenoxy) is 1. The summed E-state index contributed by atoms with van der Waals surface area (Å²) in [5.41, 5.74) is 1.41. The van der Waals surface area contributed by atoms with Gasteiger partial charge in [-0.1, -0.05) is 44.2 Å². The molecule has 1 aliphatic rings. The molecule has 1 saturated heterocycles. The number of aliphatic hydroxyl groups excluding tert-OH is 1. The molecule has 1 fully saturated rings.